The number of methoxy groups -OCH3 is 1. The van der Waals surface area contributed by atoms with Crippen LogP contribution in [-0.2, 0) is 0 Å². The summed E-state index contributed by atoms with van der Waals surface area (Å²) < 4.78 is 17.3. The molecule has 1 aliphatic rings. The Morgan fingerprint density at radius 2 is 1.62 bits per heavy atom. The van der Waals surface area contributed by atoms with Crippen molar-refractivity contribution >= 4 is 40.0 Å². The van der Waals surface area contributed by atoms with Crippen LogP contribution in [0.3, 0.4) is 0 Å². The highest BCUT2D eigenvalue weighted by molar-refractivity contribution is 5.92. The maximum absolute atomic E-state index is 12.8. The van der Waals surface area contributed by atoms with Crippen molar-refractivity contribution in [3.8, 4) is 11.5 Å². The largest absolute Gasteiger partial charge is 0.497 e. The summed E-state index contributed by atoms with van der Waals surface area (Å²) in [6.07, 6.45) is 0.913. The molecule has 1 fully saturated rings. The normalized spacial score (nSPS) is 14.2. The van der Waals surface area contributed by atoms with E-state index in [1.54, 1.807) is 19.2 Å². The first-order chi connectivity index (χ1) is 16.2. The first kappa shape index (κ1) is 23.9. The van der Waals surface area contributed by atoms with Crippen LogP contribution in [0.15, 0.2) is 75.9 Å². The van der Waals surface area contributed by atoms with E-state index in [-0.39, 0.29) is 17.8 Å². The van der Waals surface area contributed by atoms with Crippen molar-refractivity contribution in [2.24, 2.45) is 0 Å². The molecule has 4 aromatic rings. The van der Waals surface area contributed by atoms with Gasteiger partial charge in [0.25, 0.3) is 0 Å². The molecule has 0 bridgehead atoms. The van der Waals surface area contributed by atoms with Gasteiger partial charge in [0, 0.05) is 38.4 Å². The number of hydrogen-bond donors (Lipinski definition) is 0. The van der Waals surface area contributed by atoms with E-state index in [1.165, 1.54) is 5.69 Å². The number of fused-ring (bicyclic) bond motifs is 2. The lowest BCUT2D eigenvalue weighted by atomic mass is 10.1. The van der Waals surface area contributed by atoms with Crippen LogP contribution in [-0.4, -0.2) is 51.3 Å². The van der Waals surface area contributed by atoms with Gasteiger partial charge in [-0.25, -0.2) is 0 Å². The first-order valence-electron chi connectivity index (χ1n) is 11.4. The molecule has 178 valence electrons. The van der Waals surface area contributed by atoms with Gasteiger partial charge in [0.15, 0.2) is 11.3 Å². The summed E-state index contributed by atoms with van der Waals surface area (Å²) >= 11 is 0. The van der Waals surface area contributed by atoms with E-state index >= 15 is 0 Å². The lowest BCUT2D eigenvalue weighted by Gasteiger charge is -2.36. The molecule has 7 heteroatoms. The van der Waals surface area contributed by atoms with Crippen LogP contribution in [0.2, 0.25) is 0 Å². The topological polar surface area (TPSA) is 55.2 Å². The predicted molar refractivity (Wildman–Crippen MR) is 139 cm³/mol. The van der Waals surface area contributed by atoms with Crippen LogP contribution in [0.1, 0.15) is 6.42 Å². The van der Waals surface area contributed by atoms with Gasteiger partial charge in [0.05, 0.1) is 24.5 Å². The van der Waals surface area contributed by atoms with E-state index in [9.17, 15) is 4.79 Å². The molecule has 0 spiro atoms. The highest BCUT2D eigenvalue weighted by Crippen LogP contribution is 2.27. The SMILES string of the molecule is COc1ccc(N2CCN(CCCOc3cccc4c(=O)c5ccccc5oc34)CC2)cc1.Cl. The molecule has 0 unspecified atom stereocenters. The fourth-order valence-electron chi connectivity index (χ4n) is 4.40. The number of benzene rings is 3. The maximum Gasteiger partial charge on any atom is 0.200 e. The molecule has 1 saturated heterocycles. The van der Waals surface area contributed by atoms with Gasteiger partial charge in [-0.15, -0.1) is 12.4 Å². The van der Waals surface area contributed by atoms with Crippen LogP contribution < -0.4 is 19.8 Å². The molecule has 0 radical (unpaired) electrons. The van der Waals surface area contributed by atoms with Crippen LogP contribution in [0.4, 0.5) is 5.69 Å². The Labute approximate surface area is 205 Å². The average molecular weight is 481 g/mol. The number of ether oxygens (including phenoxy) is 2. The van der Waals surface area contributed by atoms with E-state index in [0.717, 1.165) is 44.9 Å². The molecule has 1 aliphatic heterocycles. The van der Waals surface area contributed by atoms with Gasteiger partial charge < -0.3 is 18.8 Å². The minimum atomic E-state index is -0.0213. The Hall–Kier alpha value is -3.22. The molecule has 3 aromatic carbocycles. The average Bonchev–Trinajstić information content (AvgIpc) is 2.87. The van der Waals surface area contributed by atoms with E-state index in [4.69, 9.17) is 13.9 Å². The molecule has 0 saturated carbocycles. The second-order valence-corrected chi connectivity index (χ2v) is 8.29. The van der Waals surface area contributed by atoms with Gasteiger partial charge in [-0.1, -0.05) is 18.2 Å². The van der Waals surface area contributed by atoms with E-state index in [2.05, 4.69) is 21.9 Å². The van der Waals surface area contributed by atoms with Gasteiger partial charge >= 0.3 is 0 Å². The van der Waals surface area contributed by atoms with Crippen LogP contribution in [0.5, 0.6) is 11.5 Å². The number of para-hydroxylation sites is 2. The zero-order valence-corrected chi connectivity index (χ0v) is 20.1. The summed E-state index contributed by atoms with van der Waals surface area (Å²) in [5.41, 5.74) is 2.32. The molecule has 0 N–H and O–H groups in total. The highest BCUT2D eigenvalue weighted by Gasteiger charge is 2.17. The first-order valence-corrected chi connectivity index (χ1v) is 11.4. The highest BCUT2D eigenvalue weighted by atomic mass is 35.5. The number of halogens is 1. The minimum Gasteiger partial charge on any atom is -0.497 e. The summed E-state index contributed by atoms with van der Waals surface area (Å²) in [6, 6.07) is 21.1. The number of hydrogen-bond acceptors (Lipinski definition) is 6. The second-order valence-electron chi connectivity index (χ2n) is 8.29. The lowest BCUT2D eigenvalue weighted by molar-refractivity contribution is 0.225. The van der Waals surface area contributed by atoms with Crippen LogP contribution >= 0.6 is 12.4 Å². The second kappa shape index (κ2) is 10.8. The van der Waals surface area contributed by atoms with Gasteiger partial charge in [0.2, 0.25) is 5.43 Å². The maximum atomic E-state index is 12.8. The van der Waals surface area contributed by atoms with Crippen molar-refractivity contribution < 1.29 is 13.9 Å². The zero-order chi connectivity index (χ0) is 22.6. The molecular formula is C27H29ClN2O4. The summed E-state index contributed by atoms with van der Waals surface area (Å²) in [7, 11) is 1.69. The van der Waals surface area contributed by atoms with Gasteiger partial charge in [0.1, 0.15) is 11.3 Å². The molecule has 1 aromatic heterocycles. The lowest BCUT2D eigenvalue weighted by Crippen LogP contribution is -2.46. The van der Waals surface area contributed by atoms with Gasteiger partial charge in [-0.05, 0) is 55.0 Å². The molecule has 0 amide bonds. The van der Waals surface area contributed by atoms with E-state index in [1.807, 2.05) is 42.5 Å². The molecular weight excluding hydrogens is 452 g/mol. The Balaban J connectivity index is 0.00000274. The quantitative estimate of drug-likeness (QED) is 0.275. The van der Waals surface area contributed by atoms with Crippen molar-refractivity contribution in [1.29, 1.82) is 0 Å². The van der Waals surface area contributed by atoms with Crippen LogP contribution in [0.25, 0.3) is 21.9 Å². The Morgan fingerprint density at radius 3 is 2.38 bits per heavy atom. The van der Waals surface area contributed by atoms with Gasteiger partial charge in [-0.2, -0.15) is 0 Å². The van der Waals surface area contributed by atoms with Gasteiger partial charge in [-0.3, -0.25) is 9.69 Å². The Bertz CT molecular complexity index is 1300. The third-order valence-electron chi connectivity index (χ3n) is 6.25. The van der Waals surface area contributed by atoms with E-state index in [0.29, 0.717) is 34.3 Å². The van der Waals surface area contributed by atoms with Crippen molar-refractivity contribution in [3.05, 3.63) is 77.0 Å². The summed E-state index contributed by atoms with van der Waals surface area (Å²) in [5, 5.41) is 1.15. The third kappa shape index (κ3) is 4.98. The minimum absolute atomic E-state index is 0. The molecule has 34 heavy (non-hydrogen) atoms. The fourth-order valence-corrected chi connectivity index (χ4v) is 4.40. The summed E-state index contributed by atoms with van der Waals surface area (Å²) in [6.45, 7) is 5.63. The van der Waals surface area contributed by atoms with Crippen molar-refractivity contribution in [2.45, 2.75) is 6.42 Å². The summed E-state index contributed by atoms with van der Waals surface area (Å²) in [4.78, 5) is 17.7. The number of nitrogens with zero attached hydrogens (tertiary/aromatic N) is 2. The zero-order valence-electron chi connectivity index (χ0n) is 19.2. The van der Waals surface area contributed by atoms with Crippen molar-refractivity contribution in [2.75, 3.05) is 51.3 Å². The number of piperazine rings is 1. The standard InChI is InChI=1S/C27H28N2O4.ClH/c1-31-21-12-10-20(11-13-21)29-17-15-28(16-18-29)14-5-19-32-25-9-4-7-23-26(30)22-6-2-3-8-24(22)33-27(23)25;/h2-4,6-13H,5,14-19H2,1H3;1H. The molecule has 0 atom stereocenters. The number of rotatable bonds is 7. The summed E-state index contributed by atoms with van der Waals surface area (Å²) in [5.74, 6) is 1.51. The van der Waals surface area contributed by atoms with E-state index < -0.39 is 0 Å². The molecule has 5 rings (SSSR count). The molecule has 2 heterocycles. The third-order valence-corrected chi connectivity index (χ3v) is 6.25. The van der Waals surface area contributed by atoms with Crippen molar-refractivity contribution in [3.63, 3.8) is 0 Å². The Morgan fingerprint density at radius 1 is 0.882 bits per heavy atom. The Kier molecular flexibility index (Phi) is 7.60. The van der Waals surface area contributed by atoms with Crippen LogP contribution in [0, 0.1) is 0 Å². The number of anilines is 1. The molecule has 6 nitrogen and oxygen atoms in total. The predicted octanol–water partition coefficient (Wildman–Crippen LogP) is 4.97. The monoisotopic (exact) mass is 480 g/mol. The van der Waals surface area contributed by atoms with Crippen molar-refractivity contribution in [1.82, 2.24) is 4.90 Å². The molecule has 0 aliphatic carbocycles. The fraction of sp³-hybridized carbons (Fsp3) is 0.296. The smallest absolute Gasteiger partial charge is 0.200 e.